The maximum absolute atomic E-state index is 5.83. The number of hydrogen-bond donors (Lipinski definition) is 1. The molecule has 0 saturated carbocycles. The molecule has 72 valence electrons. The van der Waals surface area contributed by atoms with E-state index in [0.717, 1.165) is 32.5 Å². The van der Waals surface area contributed by atoms with Crippen LogP contribution >= 0.6 is 0 Å². The first-order valence-electron chi connectivity index (χ1n) is 4.70. The van der Waals surface area contributed by atoms with Gasteiger partial charge in [0.1, 0.15) is 0 Å². The van der Waals surface area contributed by atoms with Crippen molar-refractivity contribution in [3.63, 3.8) is 0 Å². The summed E-state index contributed by atoms with van der Waals surface area (Å²) < 4.78 is 11.1. The van der Waals surface area contributed by atoms with E-state index in [1.54, 1.807) is 0 Å². The first-order valence-corrected chi connectivity index (χ1v) is 4.70. The second-order valence-electron chi connectivity index (χ2n) is 3.56. The molecule has 1 saturated heterocycles. The zero-order valence-corrected chi connectivity index (χ0v) is 8.01. The molecule has 1 atom stereocenters. The van der Waals surface area contributed by atoms with Crippen LogP contribution in [0.4, 0.5) is 0 Å². The molecule has 2 N–H and O–H groups in total. The lowest BCUT2D eigenvalue weighted by Gasteiger charge is -2.35. The minimum atomic E-state index is -0.423. The van der Waals surface area contributed by atoms with E-state index in [4.69, 9.17) is 15.2 Å². The Balaban J connectivity index is 2.35. The third-order valence-electron chi connectivity index (χ3n) is 2.26. The summed E-state index contributed by atoms with van der Waals surface area (Å²) in [6.45, 7) is 5.65. The largest absolute Gasteiger partial charge is 0.350 e. The second-order valence-corrected chi connectivity index (χ2v) is 3.56. The Morgan fingerprint density at radius 2 is 2.00 bits per heavy atom. The minimum absolute atomic E-state index is 0.188. The molecular weight excluding hydrogens is 154 g/mol. The fourth-order valence-electron chi connectivity index (χ4n) is 1.42. The van der Waals surface area contributed by atoms with Crippen molar-refractivity contribution in [3.8, 4) is 0 Å². The third-order valence-corrected chi connectivity index (χ3v) is 2.26. The van der Waals surface area contributed by atoms with E-state index in [2.05, 4.69) is 6.92 Å². The lowest BCUT2D eigenvalue weighted by molar-refractivity contribution is -0.260. The van der Waals surface area contributed by atoms with Crippen molar-refractivity contribution < 1.29 is 9.47 Å². The van der Waals surface area contributed by atoms with Gasteiger partial charge in [0.15, 0.2) is 5.79 Å². The van der Waals surface area contributed by atoms with Crippen molar-refractivity contribution in [2.24, 2.45) is 5.73 Å². The van der Waals surface area contributed by atoms with Crippen LogP contribution in [0.15, 0.2) is 0 Å². The van der Waals surface area contributed by atoms with Gasteiger partial charge in [-0.2, -0.15) is 0 Å². The van der Waals surface area contributed by atoms with Crippen LogP contribution in [0.2, 0.25) is 0 Å². The van der Waals surface area contributed by atoms with Gasteiger partial charge >= 0.3 is 0 Å². The van der Waals surface area contributed by atoms with Crippen LogP contribution in [-0.4, -0.2) is 25.0 Å². The van der Waals surface area contributed by atoms with Gasteiger partial charge in [-0.25, -0.2) is 0 Å². The summed E-state index contributed by atoms with van der Waals surface area (Å²) in [5.41, 5.74) is 5.83. The van der Waals surface area contributed by atoms with Gasteiger partial charge in [-0.3, -0.25) is 0 Å². The predicted molar refractivity (Wildman–Crippen MR) is 47.8 cm³/mol. The maximum atomic E-state index is 5.83. The summed E-state index contributed by atoms with van der Waals surface area (Å²) in [5.74, 6) is -0.423. The van der Waals surface area contributed by atoms with Gasteiger partial charge in [0.2, 0.25) is 0 Å². The SMILES string of the molecule is CCC(N)CC1(C)OCCCO1. The Labute approximate surface area is 74.2 Å². The average Bonchev–Trinajstić information content (AvgIpc) is 2.05. The number of rotatable bonds is 3. The van der Waals surface area contributed by atoms with Gasteiger partial charge in [-0.15, -0.1) is 0 Å². The number of nitrogens with two attached hydrogens (primary N) is 1. The Kier molecular flexibility index (Phi) is 3.50. The fraction of sp³-hybridized carbons (Fsp3) is 1.00. The van der Waals surface area contributed by atoms with Crippen LogP contribution in [0.3, 0.4) is 0 Å². The molecule has 3 heteroatoms. The average molecular weight is 173 g/mol. The molecule has 1 fully saturated rings. The van der Waals surface area contributed by atoms with Crippen LogP contribution in [0.1, 0.15) is 33.1 Å². The van der Waals surface area contributed by atoms with Gasteiger partial charge in [0.25, 0.3) is 0 Å². The number of hydrogen-bond acceptors (Lipinski definition) is 3. The molecule has 0 bridgehead atoms. The van der Waals surface area contributed by atoms with Crippen molar-refractivity contribution in [1.29, 1.82) is 0 Å². The highest BCUT2D eigenvalue weighted by molar-refractivity contribution is 4.73. The van der Waals surface area contributed by atoms with Crippen LogP contribution < -0.4 is 5.73 Å². The van der Waals surface area contributed by atoms with Gasteiger partial charge in [-0.1, -0.05) is 6.92 Å². The fourth-order valence-corrected chi connectivity index (χ4v) is 1.42. The molecule has 0 spiro atoms. The maximum Gasteiger partial charge on any atom is 0.166 e. The summed E-state index contributed by atoms with van der Waals surface area (Å²) in [6, 6.07) is 0.188. The lowest BCUT2D eigenvalue weighted by Crippen LogP contribution is -2.42. The molecule has 1 aliphatic heterocycles. The van der Waals surface area contributed by atoms with E-state index in [0.29, 0.717) is 0 Å². The first-order chi connectivity index (χ1) is 5.66. The van der Waals surface area contributed by atoms with E-state index in [1.165, 1.54) is 0 Å². The molecule has 0 aromatic carbocycles. The molecule has 0 aromatic rings. The van der Waals surface area contributed by atoms with Gasteiger partial charge < -0.3 is 15.2 Å². The summed E-state index contributed by atoms with van der Waals surface area (Å²) in [5, 5.41) is 0. The van der Waals surface area contributed by atoms with Crippen LogP contribution in [0.25, 0.3) is 0 Å². The first kappa shape index (κ1) is 9.96. The van der Waals surface area contributed by atoms with Crippen molar-refractivity contribution in [3.05, 3.63) is 0 Å². The quantitative estimate of drug-likeness (QED) is 0.699. The summed E-state index contributed by atoms with van der Waals surface area (Å²) in [6.07, 6.45) is 2.77. The Bertz CT molecular complexity index is 132. The zero-order valence-electron chi connectivity index (χ0n) is 8.01. The van der Waals surface area contributed by atoms with Gasteiger partial charge in [0.05, 0.1) is 13.2 Å². The molecular formula is C9H19NO2. The van der Waals surface area contributed by atoms with Crippen LogP contribution in [-0.2, 0) is 9.47 Å². The topological polar surface area (TPSA) is 44.5 Å². The van der Waals surface area contributed by atoms with E-state index in [1.807, 2.05) is 6.92 Å². The molecule has 3 nitrogen and oxygen atoms in total. The Morgan fingerprint density at radius 3 is 2.50 bits per heavy atom. The summed E-state index contributed by atoms with van der Waals surface area (Å²) in [4.78, 5) is 0. The smallest absolute Gasteiger partial charge is 0.166 e. The minimum Gasteiger partial charge on any atom is -0.350 e. The van der Waals surface area contributed by atoms with Crippen molar-refractivity contribution >= 4 is 0 Å². The molecule has 1 heterocycles. The predicted octanol–water partition coefficient (Wildman–Crippen LogP) is 1.27. The molecule has 0 amide bonds. The van der Waals surface area contributed by atoms with Crippen LogP contribution in [0.5, 0.6) is 0 Å². The monoisotopic (exact) mass is 173 g/mol. The molecule has 1 rings (SSSR count). The molecule has 1 aliphatic rings. The standard InChI is InChI=1S/C9H19NO2/c1-3-8(10)7-9(2)11-5-4-6-12-9/h8H,3-7,10H2,1-2H3. The van der Waals surface area contributed by atoms with Gasteiger partial charge in [0, 0.05) is 12.5 Å². The third kappa shape index (κ3) is 2.73. The zero-order chi connectivity index (χ0) is 9.03. The highest BCUT2D eigenvalue weighted by atomic mass is 16.7. The van der Waals surface area contributed by atoms with Crippen molar-refractivity contribution in [2.75, 3.05) is 13.2 Å². The molecule has 12 heavy (non-hydrogen) atoms. The van der Waals surface area contributed by atoms with E-state index < -0.39 is 5.79 Å². The summed E-state index contributed by atoms with van der Waals surface area (Å²) in [7, 11) is 0. The van der Waals surface area contributed by atoms with Crippen LogP contribution in [0, 0.1) is 0 Å². The second kappa shape index (κ2) is 4.21. The number of ether oxygens (including phenoxy) is 2. The highest BCUT2D eigenvalue weighted by Crippen LogP contribution is 2.23. The Hall–Kier alpha value is -0.120. The normalized spacial score (nSPS) is 25.2. The Morgan fingerprint density at radius 1 is 1.42 bits per heavy atom. The van der Waals surface area contributed by atoms with E-state index >= 15 is 0 Å². The molecule has 1 unspecified atom stereocenters. The van der Waals surface area contributed by atoms with Crippen molar-refractivity contribution in [1.82, 2.24) is 0 Å². The van der Waals surface area contributed by atoms with Crippen molar-refractivity contribution in [2.45, 2.75) is 44.9 Å². The molecule has 0 aliphatic carbocycles. The van der Waals surface area contributed by atoms with E-state index in [9.17, 15) is 0 Å². The summed E-state index contributed by atoms with van der Waals surface area (Å²) >= 11 is 0. The molecule has 0 aromatic heterocycles. The lowest BCUT2D eigenvalue weighted by atomic mass is 10.1. The van der Waals surface area contributed by atoms with Gasteiger partial charge in [-0.05, 0) is 19.8 Å². The van der Waals surface area contributed by atoms with E-state index in [-0.39, 0.29) is 6.04 Å². The molecule has 0 radical (unpaired) electrons. The highest BCUT2D eigenvalue weighted by Gasteiger charge is 2.30.